The molecular weight excluding hydrogens is 296 g/mol. The number of aromatic nitrogens is 4. The van der Waals surface area contributed by atoms with E-state index in [9.17, 15) is 0 Å². The molecule has 2 aromatic heterocycles. The fraction of sp³-hybridized carbons (Fsp3) is 0. The monoisotopic (exact) mass is 306 g/mol. The molecule has 0 bridgehead atoms. The van der Waals surface area contributed by atoms with Crippen LogP contribution < -0.4 is 0 Å². The van der Waals surface area contributed by atoms with Gasteiger partial charge in [-0.15, -0.1) is 5.10 Å². The third-order valence-corrected chi connectivity index (χ3v) is 3.76. The van der Waals surface area contributed by atoms with E-state index in [4.69, 9.17) is 11.6 Å². The Morgan fingerprint density at radius 3 is 2.14 bits per heavy atom. The lowest BCUT2D eigenvalue weighted by atomic mass is 10.1. The normalized spacial score (nSPS) is 11.0. The molecule has 5 heteroatoms. The van der Waals surface area contributed by atoms with Gasteiger partial charge in [0.1, 0.15) is 5.69 Å². The summed E-state index contributed by atoms with van der Waals surface area (Å²) in [4.78, 5) is 4.41. The summed E-state index contributed by atoms with van der Waals surface area (Å²) < 4.78 is 1.69. The van der Waals surface area contributed by atoms with Gasteiger partial charge in [-0.2, -0.15) is 4.52 Å². The van der Waals surface area contributed by atoms with Crippen LogP contribution >= 0.6 is 11.6 Å². The van der Waals surface area contributed by atoms with Crippen LogP contribution in [0.3, 0.4) is 0 Å². The Morgan fingerprint density at radius 2 is 1.45 bits per heavy atom. The predicted octanol–water partition coefficient (Wildman–Crippen LogP) is 4.11. The van der Waals surface area contributed by atoms with Crippen molar-refractivity contribution >= 4 is 17.2 Å². The van der Waals surface area contributed by atoms with Crippen molar-refractivity contribution in [2.75, 3.05) is 0 Å². The minimum atomic E-state index is 0.545. The van der Waals surface area contributed by atoms with E-state index >= 15 is 0 Å². The first kappa shape index (κ1) is 13.0. The fourth-order valence-electron chi connectivity index (χ4n) is 2.46. The van der Waals surface area contributed by atoms with Crippen LogP contribution in [-0.2, 0) is 0 Å². The summed E-state index contributed by atoms with van der Waals surface area (Å²) in [6, 6.07) is 19.8. The predicted molar refractivity (Wildman–Crippen MR) is 86.7 cm³/mol. The van der Waals surface area contributed by atoms with Crippen LogP contribution in [0.5, 0.6) is 0 Å². The van der Waals surface area contributed by atoms with Gasteiger partial charge >= 0.3 is 0 Å². The molecule has 0 aliphatic carbocycles. The second kappa shape index (κ2) is 5.24. The summed E-state index contributed by atoms with van der Waals surface area (Å²) >= 11 is 6.34. The Bertz CT molecular complexity index is 933. The van der Waals surface area contributed by atoms with Gasteiger partial charge in [-0.25, -0.2) is 4.98 Å². The Balaban J connectivity index is 2.00. The van der Waals surface area contributed by atoms with Crippen molar-refractivity contribution in [1.82, 2.24) is 19.8 Å². The molecule has 0 saturated heterocycles. The Hall–Kier alpha value is -2.72. The molecule has 0 spiro atoms. The highest BCUT2D eigenvalue weighted by molar-refractivity contribution is 6.33. The van der Waals surface area contributed by atoms with E-state index in [0.29, 0.717) is 10.7 Å². The van der Waals surface area contributed by atoms with E-state index < -0.39 is 0 Å². The Labute approximate surface area is 132 Å². The lowest BCUT2D eigenvalue weighted by Gasteiger charge is -2.06. The van der Waals surface area contributed by atoms with Gasteiger partial charge in [-0.3, -0.25) is 0 Å². The summed E-state index contributed by atoms with van der Waals surface area (Å²) in [5.74, 6) is 0. The summed E-state index contributed by atoms with van der Waals surface area (Å²) in [6.07, 6.45) is 1.65. The number of rotatable bonds is 2. The van der Waals surface area contributed by atoms with Gasteiger partial charge < -0.3 is 0 Å². The molecule has 0 radical (unpaired) electrons. The van der Waals surface area contributed by atoms with Crippen molar-refractivity contribution in [2.24, 2.45) is 0 Å². The highest BCUT2D eigenvalue weighted by Gasteiger charge is 2.16. The van der Waals surface area contributed by atoms with E-state index in [1.807, 2.05) is 60.7 Å². The van der Waals surface area contributed by atoms with Gasteiger partial charge in [0, 0.05) is 11.1 Å². The smallest absolute Gasteiger partial charge is 0.184 e. The first-order chi connectivity index (χ1) is 10.8. The standard InChI is InChI=1S/C17H11ClN4/c18-14-11-19-17-15(12-7-3-1-4-8-12)20-21-22(17)16(14)13-9-5-2-6-10-13/h1-11H. The van der Waals surface area contributed by atoms with Crippen LogP contribution in [0.25, 0.3) is 28.2 Å². The third kappa shape index (κ3) is 2.05. The van der Waals surface area contributed by atoms with Crippen molar-refractivity contribution in [3.8, 4) is 22.5 Å². The minimum absolute atomic E-state index is 0.545. The SMILES string of the molecule is Clc1cnc2c(-c3ccccc3)nnn2c1-c1ccccc1. The number of hydrogen-bond acceptors (Lipinski definition) is 3. The molecule has 0 amide bonds. The van der Waals surface area contributed by atoms with E-state index in [1.54, 1.807) is 10.7 Å². The molecule has 22 heavy (non-hydrogen) atoms. The molecule has 4 rings (SSSR count). The quantitative estimate of drug-likeness (QED) is 0.559. The van der Waals surface area contributed by atoms with E-state index in [0.717, 1.165) is 22.5 Å². The second-order valence-electron chi connectivity index (χ2n) is 4.86. The number of halogens is 1. The zero-order chi connectivity index (χ0) is 14.9. The van der Waals surface area contributed by atoms with Crippen LogP contribution in [0.15, 0.2) is 66.9 Å². The maximum atomic E-state index is 6.34. The maximum Gasteiger partial charge on any atom is 0.184 e. The lowest BCUT2D eigenvalue weighted by Crippen LogP contribution is -1.97. The van der Waals surface area contributed by atoms with Crippen molar-refractivity contribution in [1.29, 1.82) is 0 Å². The molecule has 4 aromatic rings. The van der Waals surface area contributed by atoms with E-state index in [-0.39, 0.29) is 0 Å². The molecule has 2 aromatic carbocycles. The summed E-state index contributed by atoms with van der Waals surface area (Å²) in [6.45, 7) is 0. The van der Waals surface area contributed by atoms with Gasteiger partial charge in [0.2, 0.25) is 0 Å². The number of fused-ring (bicyclic) bond motifs is 1. The van der Waals surface area contributed by atoms with Crippen molar-refractivity contribution in [2.45, 2.75) is 0 Å². The number of nitrogens with zero attached hydrogens (tertiary/aromatic N) is 4. The highest BCUT2D eigenvalue weighted by Crippen LogP contribution is 2.30. The molecule has 0 aliphatic heterocycles. The van der Waals surface area contributed by atoms with Gasteiger partial charge in [0.15, 0.2) is 5.65 Å². The molecule has 106 valence electrons. The van der Waals surface area contributed by atoms with Crippen LogP contribution in [0.4, 0.5) is 0 Å². The van der Waals surface area contributed by atoms with Crippen molar-refractivity contribution in [3.63, 3.8) is 0 Å². The first-order valence-corrected chi connectivity index (χ1v) is 7.23. The average Bonchev–Trinajstić information content (AvgIpc) is 3.00. The molecule has 0 aliphatic rings. The lowest BCUT2D eigenvalue weighted by molar-refractivity contribution is 0.854. The highest BCUT2D eigenvalue weighted by atomic mass is 35.5. The molecule has 4 nitrogen and oxygen atoms in total. The van der Waals surface area contributed by atoms with Crippen LogP contribution in [-0.4, -0.2) is 19.8 Å². The molecule has 2 heterocycles. The molecule has 0 atom stereocenters. The molecular formula is C17H11ClN4. The molecule has 0 saturated carbocycles. The zero-order valence-electron chi connectivity index (χ0n) is 11.5. The third-order valence-electron chi connectivity index (χ3n) is 3.48. The zero-order valence-corrected chi connectivity index (χ0v) is 12.3. The summed E-state index contributed by atoms with van der Waals surface area (Å²) in [5, 5.41) is 9.08. The van der Waals surface area contributed by atoms with Crippen molar-refractivity contribution in [3.05, 3.63) is 71.9 Å². The first-order valence-electron chi connectivity index (χ1n) is 6.85. The molecule has 0 unspecified atom stereocenters. The van der Waals surface area contributed by atoms with Crippen LogP contribution in [0.1, 0.15) is 0 Å². The summed E-state index contributed by atoms with van der Waals surface area (Å²) in [5.41, 5.74) is 4.18. The minimum Gasteiger partial charge on any atom is -0.233 e. The molecule has 0 fully saturated rings. The van der Waals surface area contributed by atoms with E-state index in [2.05, 4.69) is 15.3 Å². The number of benzene rings is 2. The largest absolute Gasteiger partial charge is 0.233 e. The summed E-state index contributed by atoms with van der Waals surface area (Å²) in [7, 11) is 0. The van der Waals surface area contributed by atoms with Crippen molar-refractivity contribution < 1.29 is 0 Å². The Morgan fingerprint density at radius 1 is 0.818 bits per heavy atom. The van der Waals surface area contributed by atoms with Gasteiger partial charge in [0.05, 0.1) is 16.9 Å². The average molecular weight is 307 g/mol. The Kier molecular flexibility index (Phi) is 3.09. The van der Waals surface area contributed by atoms with Gasteiger partial charge in [-0.05, 0) is 0 Å². The van der Waals surface area contributed by atoms with Crippen LogP contribution in [0, 0.1) is 0 Å². The van der Waals surface area contributed by atoms with Gasteiger partial charge in [0.25, 0.3) is 0 Å². The van der Waals surface area contributed by atoms with Gasteiger partial charge in [-0.1, -0.05) is 77.5 Å². The topological polar surface area (TPSA) is 43.1 Å². The number of hydrogen-bond donors (Lipinski definition) is 0. The maximum absolute atomic E-state index is 6.34. The van der Waals surface area contributed by atoms with E-state index in [1.165, 1.54) is 0 Å². The fourth-order valence-corrected chi connectivity index (χ4v) is 2.70. The second-order valence-corrected chi connectivity index (χ2v) is 5.27. The van der Waals surface area contributed by atoms with Crippen LogP contribution in [0.2, 0.25) is 5.02 Å². The molecule has 0 N–H and O–H groups in total.